The first-order chi connectivity index (χ1) is 14.4. The van der Waals surface area contributed by atoms with Crippen LogP contribution in [0, 0.1) is 0 Å². The van der Waals surface area contributed by atoms with Gasteiger partial charge in [-0.1, -0.05) is 12.1 Å². The van der Waals surface area contributed by atoms with E-state index in [4.69, 9.17) is 0 Å². The number of ketones is 1. The lowest BCUT2D eigenvalue weighted by Crippen LogP contribution is -2.45. The molecule has 3 amide bonds. The summed E-state index contributed by atoms with van der Waals surface area (Å²) in [6.07, 6.45) is 3.23. The van der Waals surface area contributed by atoms with Crippen molar-refractivity contribution in [1.29, 1.82) is 0 Å². The molecule has 1 aromatic heterocycles. The number of rotatable bonds is 5. The van der Waals surface area contributed by atoms with Crippen molar-refractivity contribution >= 4 is 29.2 Å². The van der Waals surface area contributed by atoms with Gasteiger partial charge in [-0.05, 0) is 43.3 Å². The average Bonchev–Trinajstić information content (AvgIpc) is 3.29. The topological polar surface area (TPSA) is 101 Å². The number of hydrogen-bond donors (Lipinski definition) is 1. The highest BCUT2D eigenvalue weighted by Crippen LogP contribution is 2.25. The molecular formula is C22H18N4O4. The number of imidazole rings is 1. The third kappa shape index (κ3) is 3.18. The summed E-state index contributed by atoms with van der Waals surface area (Å²) >= 11 is 0. The van der Waals surface area contributed by atoms with E-state index in [1.807, 2.05) is 0 Å². The van der Waals surface area contributed by atoms with Crippen LogP contribution in [0.25, 0.3) is 0 Å². The molecule has 0 bridgehead atoms. The van der Waals surface area contributed by atoms with Crippen LogP contribution >= 0.6 is 0 Å². The van der Waals surface area contributed by atoms with Crippen molar-refractivity contribution in [2.75, 3.05) is 5.32 Å². The highest BCUT2D eigenvalue weighted by molar-refractivity contribution is 6.23. The standard InChI is InChI=1S/C22H18N4O4/c1-13(26-21(29)16-5-3-4-6-17(16)22(26)30)20(28)24-15-9-7-14(8-10-15)18(27)19-23-11-12-25(19)2/h3-13H,1-2H3,(H,24,28)/t13-/m1/s1. The third-order valence-electron chi connectivity index (χ3n) is 5.03. The van der Waals surface area contributed by atoms with Gasteiger partial charge in [-0.3, -0.25) is 24.1 Å². The number of benzene rings is 2. The lowest BCUT2D eigenvalue weighted by atomic mass is 10.1. The van der Waals surface area contributed by atoms with E-state index in [0.717, 1.165) is 4.90 Å². The lowest BCUT2D eigenvalue weighted by molar-refractivity contribution is -0.119. The predicted molar refractivity (Wildman–Crippen MR) is 108 cm³/mol. The summed E-state index contributed by atoms with van der Waals surface area (Å²) in [6, 6.07) is 11.8. The molecule has 1 aliphatic heterocycles. The molecule has 0 spiro atoms. The largest absolute Gasteiger partial charge is 0.331 e. The van der Waals surface area contributed by atoms with E-state index in [9.17, 15) is 19.2 Å². The van der Waals surface area contributed by atoms with Gasteiger partial charge in [0.15, 0.2) is 5.82 Å². The summed E-state index contributed by atoms with van der Waals surface area (Å²) in [4.78, 5) is 55.2. The van der Waals surface area contributed by atoms with Gasteiger partial charge in [0, 0.05) is 30.7 Å². The Labute approximate surface area is 172 Å². The minimum Gasteiger partial charge on any atom is -0.331 e. The molecule has 0 aliphatic carbocycles. The molecule has 8 heteroatoms. The maximum absolute atomic E-state index is 12.7. The van der Waals surface area contributed by atoms with E-state index < -0.39 is 23.8 Å². The van der Waals surface area contributed by atoms with Crippen LogP contribution in [0.2, 0.25) is 0 Å². The molecule has 8 nitrogen and oxygen atoms in total. The van der Waals surface area contributed by atoms with Crippen molar-refractivity contribution in [3.63, 3.8) is 0 Å². The van der Waals surface area contributed by atoms with Crippen molar-refractivity contribution in [2.45, 2.75) is 13.0 Å². The number of anilines is 1. The summed E-state index contributed by atoms with van der Waals surface area (Å²) in [7, 11) is 1.73. The molecule has 0 fully saturated rings. The van der Waals surface area contributed by atoms with Crippen molar-refractivity contribution in [3.8, 4) is 0 Å². The zero-order valence-electron chi connectivity index (χ0n) is 16.3. The van der Waals surface area contributed by atoms with Crippen LogP contribution in [0.3, 0.4) is 0 Å². The molecule has 30 heavy (non-hydrogen) atoms. The lowest BCUT2D eigenvalue weighted by Gasteiger charge is -2.21. The molecule has 0 saturated heterocycles. The molecule has 2 aromatic carbocycles. The van der Waals surface area contributed by atoms with E-state index in [-0.39, 0.29) is 5.78 Å². The van der Waals surface area contributed by atoms with Crippen LogP contribution in [0.5, 0.6) is 0 Å². The Morgan fingerprint density at radius 1 is 0.967 bits per heavy atom. The second kappa shape index (κ2) is 7.40. The molecular weight excluding hydrogens is 384 g/mol. The van der Waals surface area contributed by atoms with Gasteiger partial charge in [0.1, 0.15) is 6.04 Å². The van der Waals surface area contributed by atoms with Crippen LogP contribution in [-0.2, 0) is 11.8 Å². The van der Waals surface area contributed by atoms with Gasteiger partial charge in [0.2, 0.25) is 11.7 Å². The van der Waals surface area contributed by atoms with E-state index in [1.54, 1.807) is 72.5 Å². The van der Waals surface area contributed by atoms with Gasteiger partial charge < -0.3 is 9.88 Å². The fourth-order valence-corrected chi connectivity index (χ4v) is 3.34. The minimum atomic E-state index is -0.994. The van der Waals surface area contributed by atoms with Gasteiger partial charge >= 0.3 is 0 Å². The van der Waals surface area contributed by atoms with Crippen LogP contribution < -0.4 is 5.32 Å². The highest BCUT2D eigenvalue weighted by atomic mass is 16.2. The number of nitrogens with one attached hydrogen (secondary N) is 1. The Morgan fingerprint density at radius 2 is 1.57 bits per heavy atom. The number of amides is 3. The Kier molecular flexibility index (Phi) is 4.75. The number of carbonyl (C=O) groups is 4. The molecule has 3 aromatic rings. The number of nitrogens with zero attached hydrogens (tertiary/aromatic N) is 3. The predicted octanol–water partition coefficient (Wildman–Crippen LogP) is 2.27. The maximum atomic E-state index is 12.7. The zero-order chi connectivity index (χ0) is 21.4. The Morgan fingerprint density at radius 3 is 2.10 bits per heavy atom. The number of fused-ring (bicyclic) bond motifs is 1. The Bertz CT molecular complexity index is 1140. The van der Waals surface area contributed by atoms with Gasteiger partial charge in [-0.25, -0.2) is 4.98 Å². The van der Waals surface area contributed by atoms with Crippen molar-refractivity contribution in [1.82, 2.24) is 14.5 Å². The molecule has 2 heterocycles. The number of aryl methyl sites for hydroxylation is 1. The summed E-state index contributed by atoms with van der Waals surface area (Å²) in [5, 5.41) is 2.68. The highest BCUT2D eigenvalue weighted by Gasteiger charge is 2.40. The summed E-state index contributed by atoms with van der Waals surface area (Å²) in [6.45, 7) is 1.50. The molecule has 0 radical (unpaired) electrons. The Hall–Kier alpha value is -4.07. The molecule has 4 rings (SSSR count). The first-order valence-electron chi connectivity index (χ1n) is 9.28. The number of hydrogen-bond acceptors (Lipinski definition) is 5. The normalized spacial score (nSPS) is 13.9. The van der Waals surface area contributed by atoms with Crippen molar-refractivity contribution in [2.24, 2.45) is 7.05 Å². The minimum absolute atomic E-state index is 0.236. The van der Waals surface area contributed by atoms with Gasteiger partial charge in [-0.2, -0.15) is 0 Å². The summed E-state index contributed by atoms with van der Waals surface area (Å²) < 4.78 is 1.63. The van der Waals surface area contributed by atoms with Gasteiger partial charge in [0.05, 0.1) is 11.1 Å². The second-order valence-electron chi connectivity index (χ2n) is 6.96. The molecule has 0 unspecified atom stereocenters. The second-order valence-corrected chi connectivity index (χ2v) is 6.96. The fourth-order valence-electron chi connectivity index (χ4n) is 3.34. The summed E-state index contributed by atoms with van der Waals surface area (Å²) in [5.74, 6) is -1.41. The van der Waals surface area contributed by atoms with Crippen LogP contribution in [0.1, 0.15) is 43.8 Å². The number of carbonyl (C=O) groups excluding carboxylic acids is 4. The smallest absolute Gasteiger partial charge is 0.262 e. The van der Waals surface area contributed by atoms with Gasteiger partial charge in [-0.15, -0.1) is 0 Å². The zero-order valence-corrected chi connectivity index (χ0v) is 16.3. The molecule has 1 aliphatic rings. The molecule has 1 N–H and O–H groups in total. The third-order valence-corrected chi connectivity index (χ3v) is 5.03. The van der Waals surface area contributed by atoms with Crippen molar-refractivity contribution in [3.05, 3.63) is 83.4 Å². The molecule has 150 valence electrons. The fraction of sp³-hybridized carbons (Fsp3) is 0.136. The van der Waals surface area contributed by atoms with E-state index in [2.05, 4.69) is 10.3 Å². The van der Waals surface area contributed by atoms with Crippen LogP contribution in [0.4, 0.5) is 5.69 Å². The van der Waals surface area contributed by atoms with Crippen LogP contribution in [0.15, 0.2) is 60.9 Å². The SMILES string of the molecule is C[C@H](C(=O)Nc1ccc(C(=O)c2nccn2C)cc1)N1C(=O)c2ccccc2C1=O. The van der Waals surface area contributed by atoms with Crippen molar-refractivity contribution < 1.29 is 19.2 Å². The monoisotopic (exact) mass is 402 g/mol. The van der Waals surface area contributed by atoms with E-state index >= 15 is 0 Å². The van der Waals surface area contributed by atoms with E-state index in [1.165, 1.54) is 6.92 Å². The molecule has 1 atom stereocenters. The number of aromatic nitrogens is 2. The van der Waals surface area contributed by atoms with E-state index in [0.29, 0.717) is 28.2 Å². The van der Waals surface area contributed by atoms with Crippen LogP contribution in [-0.4, -0.2) is 44.0 Å². The quantitative estimate of drug-likeness (QED) is 0.521. The first kappa shape index (κ1) is 19.3. The number of imide groups is 1. The maximum Gasteiger partial charge on any atom is 0.262 e. The molecule has 0 saturated carbocycles. The van der Waals surface area contributed by atoms with Gasteiger partial charge in [0.25, 0.3) is 11.8 Å². The first-order valence-corrected chi connectivity index (χ1v) is 9.28. The summed E-state index contributed by atoms with van der Waals surface area (Å²) in [5.41, 5.74) is 1.45. The average molecular weight is 402 g/mol. The Balaban J connectivity index is 1.47.